The van der Waals surface area contributed by atoms with E-state index >= 15 is 0 Å². The van der Waals surface area contributed by atoms with Crippen LogP contribution in [0.15, 0.2) is 60.4 Å². The molecule has 0 amide bonds. The second-order valence-corrected chi connectivity index (χ2v) is 7.04. The van der Waals surface area contributed by atoms with Gasteiger partial charge in [0.15, 0.2) is 0 Å². The monoisotopic (exact) mass is 359 g/mol. The first-order valence-electron chi connectivity index (χ1n) is 9.11. The van der Waals surface area contributed by atoms with E-state index in [1.807, 2.05) is 22.9 Å². The molecule has 0 aliphatic carbocycles. The molecule has 6 heteroatoms. The molecule has 1 atom stereocenters. The lowest BCUT2D eigenvalue weighted by atomic mass is 9.91. The molecule has 3 aromatic rings. The van der Waals surface area contributed by atoms with Crippen molar-refractivity contribution in [1.82, 2.24) is 14.8 Å². The summed E-state index contributed by atoms with van der Waals surface area (Å²) in [5, 5.41) is 7.99. The SMILES string of the molecule is CN(C)c1ccc([C@H]2C3=C(Nc4ncnn42)c2ccccc2OCC3)cc1. The summed E-state index contributed by atoms with van der Waals surface area (Å²) in [5.41, 5.74) is 5.81. The maximum atomic E-state index is 6.01. The summed E-state index contributed by atoms with van der Waals surface area (Å²) < 4.78 is 7.98. The van der Waals surface area contributed by atoms with E-state index in [2.05, 4.69) is 64.7 Å². The molecule has 27 heavy (non-hydrogen) atoms. The summed E-state index contributed by atoms with van der Waals surface area (Å²) in [7, 11) is 4.10. The first kappa shape index (κ1) is 15.9. The topological polar surface area (TPSA) is 55.2 Å². The minimum absolute atomic E-state index is 0.00437. The quantitative estimate of drug-likeness (QED) is 0.758. The molecule has 0 saturated heterocycles. The molecule has 3 heterocycles. The normalized spacial score (nSPS) is 17.8. The summed E-state index contributed by atoms with van der Waals surface area (Å²) in [6.45, 7) is 0.647. The third-order valence-electron chi connectivity index (χ3n) is 5.22. The summed E-state index contributed by atoms with van der Waals surface area (Å²) in [6.07, 6.45) is 2.44. The van der Waals surface area contributed by atoms with Crippen LogP contribution in [0.2, 0.25) is 0 Å². The number of aromatic nitrogens is 3. The van der Waals surface area contributed by atoms with Gasteiger partial charge in [0.25, 0.3) is 0 Å². The minimum Gasteiger partial charge on any atom is -0.493 e. The van der Waals surface area contributed by atoms with Crippen molar-refractivity contribution in [1.29, 1.82) is 0 Å². The highest BCUT2D eigenvalue weighted by atomic mass is 16.5. The molecule has 5 rings (SSSR count). The molecule has 0 bridgehead atoms. The first-order valence-corrected chi connectivity index (χ1v) is 9.11. The number of nitrogens with one attached hydrogen (secondary N) is 1. The zero-order valence-electron chi connectivity index (χ0n) is 15.4. The van der Waals surface area contributed by atoms with Crippen molar-refractivity contribution < 1.29 is 4.74 Å². The molecule has 2 aliphatic rings. The molecule has 0 spiro atoms. The van der Waals surface area contributed by atoms with Gasteiger partial charge in [-0.2, -0.15) is 10.1 Å². The average molecular weight is 359 g/mol. The molecule has 2 aliphatic heterocycles. The highest BCUT2D eigenvalue weighted by Gasteiger charge is 2.33. The van der Waals surface area contributed by atoms with E-state index in [1.165, 1.54) is 16.8 Å². The Morgan fingerprint density at radius 2 is 1.93 bits per heavy atom. The standard InChI is InChI=1S/C21H21N5O/c1-25(2)15-9-7-14(8-10-15)20-17-11-12-27-18-6-4-3-5-16(18)19(17)24-21-22-13-23-26(20)21/h3-10,13,20H,11-12H2,1-2H3,(H,22,23,24)/t20-/m0/s1. The second kappa shape index (κ2) is 6.16. The fourth-order valence-electron chi connectivity index (χ4n) is 3.87. The second-order valence-electron chi connectivity index (χ2n) is 7.04. The lowest BCUT2D eigenvalue weighted by Gasteiger charge is -2.30. The molecule has 0 unspecified atom stereocenters. The van der Waals surface area contributed by atoms with Gasteiger partial charge < -0.3 is 15.0 Å². The van der Waals surface area contributed by atoms with Crippen LogP contribution in [0.1, 0.15) is 23.6 Å². The van der Waals surface area contributed by atoms with Gasteiger partial charge in [-0.05, 0) is 35.4 Å². The maximum absolute atomic E-state index is 6.01. The van der Waals surface area contributed by atoms with Crippen LogP contribution in [0.3, 0.4) is 0 Å². The van der Waals surface area contributed by atoms with E-state index < -0.39 is 0 Å². The highest BCUT2D eigenvalue weighted by molar-refractivity contribution is 5.83. The van der Waals surface area contributed by atoms with Crippen LogP contribution in [0.5, 0.6) is 5.75 Å². The Hall–Kier alpha value is -3.28. The van der Waals surface area contributed by atoms with E-state index in [1.54, 1.807) is 6.33 Å². The molecule has 0 saturated carbocycles. The van der Waals surface area contributed by atoms with Gasteiger partial charge in [0, 0.05) is 31.8 Å². The van der Waals surface area contributed by atoms with Crippen molar-refractivity contribution in [2.24, 2.45) is 0 Å². The van der Waals surface area contributed by atoms with E-state index in [-0.39, 0.29) is 6.04 Å². The number of fused-ring (bicyclic) bond motifs is 3. The Kier molecular flexibility index (Phi) is 3.63. The number of anilines is 2. The highest BCUT2D eigenvalue weighted by Crippen LogP contribution is 2.43. The Labute approximate surface area is 158 Å². The van der Waals surface area contributed by atoms with Crippen molar-refractivity contribution in [3.8, 4) is 5.75 Å². The number of benzene rings is 2. The van der Waals surface area contributed by atoms with Crippen molar-refractivity contribution in [3.05, 3.63) is 71.6 Å². The van der Waals surface area contributed by atoms with Crippen LogP contribution < -0.4 is 15.0 Å². The minimum atomic E-state index is 0.00437. The third kappa shape index (κ3) is 2.56. The van der Waals surface area contributed by atoms with Gasteiger partial charge in [-0.15, -0.1) is 0 Å². The Morgan fingerprint density at radius 3 is 2.74 bits per heavy atom. The fraction of sp³-hybridized carbons (Fsp3) is 0.238. The molecule has 136 valence electrons. The number of ether oxygens (including phenoxy) is 1. The van der Waals surface area contributed by atoms with Gasteiger partial charge >= 0.3 is 0 Å². The predicted octanol–water partition coefficient (Wildman–Crippen LogP) is 3.55. The summed E-state index contributed by atoms with van der Waals surface area (Å²) >= 11 is 0. The molecule has 0 radical (unpaired) electrons. The number of hydrogen-bond donors (Lipinski definition) is 1. The van der Waals surface area contributed by atoms with Gasteiger partial charge in [-0.1, -0.05) is 24.3 Å². The maximum Gasteiger partial charge on any atom is 0.226 e. The van der Waals surface area contributed by atoms with Crippen LogP contribution in [0, 0.1) is 0 Å². The van der Waals surface area contributed by atoms with Crippen molar-refractivity contribution >= 4 is 17.3 Å². The molecule has 0 fully saturated rings. The average Bonchev–Trinajstić information content (AvgIpc) is 3.08. The van der Waals surface area contributed by atoms with Crippen LogP contribution in [-0.4, -0.2) is 35.5 Å². The zero-order valence-corrected chi connectivity index (χ0v) is 15.4. The van der Waals surface area contributed by atoms with Gasteiger partial charge in [-0.25, -0.2) is 4.68 Å². The van der Waals surface area contributed by atoms with Crippen molar-refractivity contribution in [3.63, 3.8) is 0 Å². The van der Waals surface area contributed by atoms with Crippen molar-refractivity contribution in [2.45, 2.75) is 12.5 Å². The number of nitrogens with zero attached hydrogens (tertiary/aromatic N) is 4. The molecule has 6 nitrogen and oxygen atoms in total. The number of hydrogen-bond acceptors (Lipinski definition) is 5. The molecule has 1 N–H and O–H groups in total. The molecular weight excluding hydrogens is 338 g/mol. The van der Waals surface area contributed by atoms with Crippen LogP contribution in [0.4, 0.5) is 11.6 Å². The summed E-state index contributed by atoms with van der Waals surface area (Å²) in [4.78, 5) is 6.54. The Balaban J connectivity index is 1.68. The van der Waals surface area contributed by atoms with Gasteiger partial charge in [0.2, 0.25) is 5.95 Å². The number of rotatable bonds is 2. The van der Waals surface area contributed by atoms with Gasteiger partial charge in [0.1, 0.15) is 18.1 Å². The largest absolute Gasteiger partial charge is 0.493 e. The summed E-state index contributed by atoms with van der Waals surface area (Å²) in [6, 6.07) is 16.8. The lowest BCUT2D eigenvalue weighted by molar-refractivity contribution is 0.320. The lowest BCUT2D eigenvalue weighted by Crippen LogP contribution is -2.25. The molecule has 1 aromatic heterocycles. The summed E-state index contributed by atoms with van der Waals surface area (Å²) in [5.74, 6) is 1.66. The van der Waals surface area contributed by atoms with Crippen molar-refractivity contribution in [2.75, 3.05) is 30.9 Å². The van der Waals surface area contributed by atoms with E-state index in [0.717, 1.165) is 29.4 Å². The van der Waals surface area contributed by atoms with Gasteiger partial charge in [0.05, 0.1) is 12.3 Å². The smallest absolute Gasteiger partial charge is 0.226 e. The third-order valence-corrected chi connectivity index (χ3v) is 5.22. The van der Waals surface area contributed by atoms with Crippen LogP contribution in [-0.2, 0) is 0 Å². The molecule has 2 aromatic carbocycles. The van der Waals surface area contributed by atoms with Crippen LogP contribution >= 0.6 is 0 Å². The predicted molar refractivity (Wildman–Crippen MR) is 106 cm³/mol. The van der Waals surface area contributed by atoms with E-state index in [9.17, 15) is 0 Å². The van der Waals surface area contributed by atoms with E-state index in [0.29, 0.717) is 6.61 Å². The Bertz CT molecular complexity index is 1020. The van der Waals surface area contributed by atoms with Crippen LogP contribution in [0.25, 0.3) is 5.70 Å². The fourth-order valence-corrected chi connectivity index (χ4v) is 3.87. The number of para-hydroxylation sites is 1. The zero-order chi connectivity index (χ0) is 18.4. The Morgan fingerprint density at radius 1 is 1.11 bits per heavy atom. The first-order chi connectivity index (χ1) is 13.2. The molecular formula is C21H21N5O. The van der Waals surface area contributed by atoms with E-state index in [4.69, 9.17) is 4.74 Å². The van der Waals surface area contributed by atoms with Gasteiger partial charge in [-0.3, -0.25) is 0 Å².